The second-order valence-electron chi connectivity index (χ2n) is 3.71. The van der Waals surface area contributed by atoms with E-state index in [-0.39, 0.29) is 13.2 Å². The number of esters is 1. The molecule has 0 spiro atoms. The summed E-state index contributed by atoms with van der Waals surface area (Å²) in [5, 5.41) is 17.6. The van der Waals surface area contributed by atoms with Crippen molar-refractivity contribution in [2.45, 2.75) is 20.0 Å². The van der Waals surface area contributed by atoms with Crippen molar-refractivity contribution in [1.82, 2.24) is 0 Å². The zero-order valence-corrected chi connectivity index (χ0v) is 9.43. The van der Waals surface area contributed by atoms with Crippen molar-refractivity contribution in [2.24, 2.45) is 0 Å². The van der Waals surface area contributed by atoms with Crippen LogP contribution in [0.2, 0.25) is 0 Å². The van der Waals surface area contributed by atoms with E-state index < -0.39 is 12.1 Å². The fraction of sp³-hybridized carbons (Fsp3) is 0.417. The highest BCUT2D eigenvalue weighted by Crippen LogP contribution is 2.12. The highest BCUT2D eigenvalue weighted by Gasteiger charge is 2.15. The lowest BCUT2D eigenvalue weighted by Gasteiger charge is -2.13. The molecule has 0 saturated heterocycles. The molecule has 0 aliphatic rings. The third kappa shape index (κ3) is 3.05. The van der Waals surface area contributed by atoms with Crippen molar-refractivity contribution in [3.05, 3.63) is 34.9 Å². The summed E-state index contributed by atoms with van der Waals surface area (Å²) in [6.07, 6.45) is -0.854. The first-order valence-corrected chi connectivity index (χ1v) is 5.08. The van der Waals surface area contributed by atoms with Gasteiger partial charge in [-0.05, 0) is 25.5 Å². The van der Waals surface area contributed by atoms with E-state index in [2.05, 4.69) is 0 Å². The van der Waals surface area contributed by atoms with Crippen molar-refractivity contribution in [2.75, 3.05) is 13.2 Å². The fourth-order valence-electron chi connectivity index (χ4n) is 1.39. The normalized spacial score (nSPS) is 10.6. The van der Waals surface area contributed by atoms with Crippen LogP contribution in [-0.2, 0) is 4.74 Å². The maximum atomic E-state index is 11.7. The lowest BCUT2D eigenvalue weighted by Crippen LogP contribution is -2.25. The number of rotatable bonds is 4. The molecule has 2 N–H and O–H groups in total. The van der Waals surface area contributed by atoms with Gasteiger partial charge in [0.1, 0.15) is 6.10 Å². The van der Waals surface area contributed by atoms with Gasteiger partial charge in [-0.15, -0.1) is 0 Å². The minimum atomic E-state index is -0.854. The molecule has 88 valence electrons. The maximum Gasteiger partial charge on any atom is 0.338 e. The standard InChI is InChI=1S/C12H16O4/c1-8-3-4-11(9(2)5-8)12(15)16-10(6-13)7-14/h3-5,10,13-14H,6-7H2,1-2H3. The number of ether oxygens (including phenoxy) is 1. The smallest absolute Gasteiger partial charge is 0.338 e. The average Bonchev–Trinajstić information content (AvgIpc) is 2.25. The summed E-state index contributed by atoms with van der Waals surface area (Å²) < 4.78 is 4.92. The van der Waals surface area contributed by atoms with E-state index in [0.29, 0.717) is 5.56 Å². The van der Waals surface area contributed by atoms with Gasteiger partial charge in [0.2, 0.25) is 0 Å². The monoisotopic (exact) mass is 224 g/mol. The van der Waals surface area contributed by atoms with Crippen molar-refractivity contribution < 1.29 is 19.7 Å². The van der Waals surface area contributed by atoms with Crippen molar-refractivity contribution in [3.8, 4) is 0 Å². The average molecular weight is 224 g/mol. The van der Waals surface area contributed by atoms with Gasteiger partial charge < -0.3 is 14.9 Å². The zero-order valence-electron chi connectivity index (χ0n) is 9.43. The van der Waals surface area contributed by atoms with Gasteiger partial charge in [-0.25, -0.2) is 4.79 Å². The number of aliphatic hydroxyl groups excluding tert-OH is 2. The first-order valence-electron chi connectivity index (χ1n) is 5.08. The number of aryl methyl sites for hydroxylation is 2. The minimum absolute atomic E-state index is 0.382. The molecule has 4 heteroatoms. The summed E-state index contributed by atoms with van der Waals surface area (Å²) in [7, 11) is 0. The molecule has 0 aromatic heterocycles. The Bertz CT molecular complexity index is 369. The van der Waals surface area contributed by atoms with E-state index in [4.69, 9.17) is 14.9 Å². The molecule has 1 aromatic rings. The first kappa shape index (κ1) is 12.7. The van der Waals surface area contributed by atoms with Crippen LogP contribution < -0.4 is 0 Å². The van der Waals surface area contributed by atoms with E-state index in [1.54, 1.807) is 6.07 Å². The van der Waals surface area contributed by atoms with Crippen molar-refractivity contribution in [3.63, 3.8) is 0 Å². The van der Waals surface area contributed by atoms with Gasteiger partial charge in [0.15, 0.2) is 0 Å². The van der Waals surface area contributed by atoms with Gasteiger partial charge in [0.25, 0.3) is 0 Å². The first-order chi connectivity index (χ1) is 7.58. The van der Waals surface area contributed by atoms with Gasteiger partial charge in [0.05, 0.1) is 18.8 Å². The number of carbonyl (C=O) groups is 1. The quantitative estimate of drug-likeness (QED) is 0.743. The maximum absolute atomic E-state index is 11.7. The molecule has 1 aromatic carbocycles. The van der Waals surface area contributed by atoms with Crippen LogP contribution in [-0.4, -0.2) is 35.5 Å². The Morgan fingerprint density at radius 3 is 2.44 bits per heavy atom. The molecule has 0 radical (unpaired) electrons. The lowest BCUT2D eigenvalue weighted by molar-refractivity contribution is -0.00551. The Hall–Kier alpha value is -1.39. The summed E-state index contributed by atoms with van der Waals surface area (Å²) in [5.41, 5.74) is 2.34. The molecule has 0 aliphatic carbocycles. The Labute approximate surface area is 94.5 Å². The Balaban J connectivity index is 2.80. The van der Waals surface area contributed by atoms with Crippen LogP contribution in [0.1, 0.15) is 21.5 Å². The number of hydrogen-bond acceptors (Lipinski definition) is 4. The van der Waals surface area contributed by atoms with Crippen molar-refractivity contribution >= 4 is 5.97 Å². The van der Waals surface area contributed by atoms with Gasteiger partial charge in [-0.1, -0.05) is 17.7 Å². The SMILES string of the molecule is Cc1ccc(C(=O)OC(CO)CO)c(C)c1. The third-order valence-corrected chi connectivity index (χ3v) is 2.28. The molecule has 0 amide bonds. The molecule has 4 nitrogen and oxygen atoms in total. The van der Waals surface area contributed by atoms with E-state index in [1.165, 1.54) is 0 Å². The van der Waals surface area contributed by atoms with Crippen LogP contribution in [0.4, 0.5) is 0 Å². The second kappa shape index (κ2) is 5.63. The zero-order chi connectivity index (χ0) is 12.1. The molecule has 0 fully saturated rings. The van der Waals surface area contributed by atoms with Gasteiger partial charge in [-0.3, -0.25) is 0 Å². The van der Waals surface area contributed by atoms with Gasteiger partial charge in [-0.2, -0.15) is 0 Å². The number of aliphatic hydroxyl groups is 2. The van der Waals surface area contributed by atoms with Crippen LogP contribution in [0.25, 0.3) is 0 Å². The van der Waals surface area contributed by atoms with E-state index >= 15 is 0 Å². The molecule has 0 bridgehead atoms. The predicted molar refractivity (Wildman–Crippen MR) is 59.3 cm³/mol. The number of hydrogen-bond donors (Lipinski definition) is 2. The summed E-state index contributed by atoms with van der Waals surface area (Å²) in [6.45, 7) is 2.99. The summed E-state index contributed by atoms with van der Waals surface area (Å²) >= 11 is 0. The summed E-state index contributed by atoms with van der Waals surface area (Å²) in [5.74, 6) is -0.523. The topological polar surface area (TPSA) is 66.8 Å². The molecule has 0 aliphatic heterocycles. The minimum Gasteiger partial charge on any atom is -0.454 e. The molecule has 0 saturated carbocycles. The lowest BCUT2D eigenvalue weighted by atomic mass is 10.1. The third-order valence-electron chi connectivity index (χ3n) is 2.28. The van der Waals surface area contributed by atoms with Crippen LogP contribution in [0.15, 0.2) is 18.2 Å². The highest BCUT2D eigenvalue weighted by molar-refractivity contribution is 5.91. The van der Waals surface area contributed by atoms with Gasteiger partial charge in [0, 0.05) is 0 Å². The van der Waals surface area contributed by atoms with Crippen molar-refractivity contribution in [1.29, 1.82) is 0 Å². The van der Waals surface area contributed by atoms with E-state index in [0.717, 1.165) is 11.1 Å². The van der Waals surface area contributed by atoms with Crippen LogP contribution in [0, 0.1) is 13.8 Å². The molecule has 16 heavy (non-hydrogen) atoms. The predicted octanol–water partition coefficient (Wildman–Crippen LogP) is 0.813. The Kier molecular flexibility index (Phi) is 4.46. The molecule has 1 rings (SSSR count). The molecular weight excluding hydrogens is 208 g/mol. The molecule has 0 heterocycles. The summed E-state index contributed by atoms with van der Waals surface area (Å²) in [4.78, 5) is 11.7. The molecule has 0 unspecified atom stereocenters. The molecule has 0 atom stereocenters. The number of benzene rings is 1. The van der Waals surface area contributed by atoms with Gasteiger partial charge >= 0.3 is 5.97 Å². The number of carbonyl (C=O) groups excluding carboxylic acids is 1. The van der Waals surface area contributed by atoms with Crippen LogP contribution in [0.3, 0.4) is 0 Å². The Morgan fingerprint density at radius 1 is 1.31 bits per heavy atom. The van der Waals surface area contributed by atoms with Crippen LogP contribution >= 0.6 is 0 Å². The fourth-order valence-corrected chi connectivity index (χ4v) is 1.39. The second-order valence-corrected chi connectivity index (χ2v) is 3.71. The van der Waals surface area contributed by atoms with Crippen LogP contribution in [0.5, 0.6) is 0 Å². The summed E-state index contributed by atoms with van der Waals surface area (Å²) in [6, 6.07) is 5.37. The highest BCUT2D eigenvalue weighted by atomic mass is 16.6. The van der Waals surface area contributed by atoms with E-state index in [1.807, 2.05) is 26.0 Å². The Morgan fingerprint density at radius 2 is 1.94 bits per heavy atom. The largest absolute Gasteiger partial charge is 0.454 e. The molecular formula is C12H16O4. The van der Waals surface area contributed by atoms with E-state index in [9.17, 15) is 4.79 Å².